The molecule has 2 heterocycles. The average molecular weight is 476 g/mol. The van der Waals surface area contributed by atoms with Gasteiger partial charge in [0.05, 0.1) is 22.3 Å². The maximum atomic E-state index is 13.8. The average Bonchev–Trinajstić information content (AvgIpc) is 3.40. The summed E-state index contributed by atoms with van der Waals surface area (Å²) in [6.45, 7) is 0. The van der Waals surface area contributed by atoms with Crippen LogP contribution in [-0.2, 0) is 10.0 Å². The van der Waals surface area contributed by atoms with Crippen LogP contribution in [0.25, 0.3) is 11.3 Å². The van der Waals surface area contributed by atoms with Crippen molar-refractivity contribution in [3.05, 3.63) is 70.6 Å². The lowest BCUT2D eigenvalue weighted by Gasteiger charge is -2.13. The Morgan fingerprint density at radius 3 is 2.71 bits per heavy atom. The summed E-state index contributed by atoms with van der Waals surface area (Å²) in [5.74, 6) is -0.348. The number of rotatable bonds is 6. The van der Waals surface area contributed by atoms with Gasteiger partial charge in [-0.3, -0.25) is 9.82 Å². The number of thiazole rings is 1. The van der Waals surface area contributed by atoms with E-state index < -0.39 is 15.8 Å². The molecule has 0 bridgehead atoms. The molecule has 0 radical (unpaired) electrons. The molecule has 0 amide bonds. The molecule has 0 spiro atoms. The van der Waals surface area contributed by atoms with Crippen molar-refractivity contribution in [2.45, 2.75) is 4.90 Å². The Bertz CT molecular complexity index is 1400. The minimum atomic E-state index is -4.01. The molecule has 8 nitrogen and oxygen atoms in total. The largest absolute Gasteiger partial charge is 0.455 e. The Morgan fingerprint density at radius 1 is 1.19 bits per heavy atom. The van der Waals surface area contributed by atoms with E-state index in [9.17, 15) is 18.1 Å². The summed E-state index contributed by atoms with van der Waals surface area (Å²) < 4.78 is 47.4. The van der Waals surface area contributed by atoms with Crippen molar-refractivity contribution in [2.75, 3.05) is 4.72 Å². The summed E-state index contributed by atoms with van der Waals surface area (Å²) in [6, 6.07) is 11.3. The van der Waals surface area contributed by atoms with Gasteiger partial charge in [0.2, 0.25) is 0 Å². The number of halogens is 2. The molecule has 0 fully saturated rings. The Kier molecular flexibility index (Phi) is 5.60. The van der Waals surface area contributed by atoms with Gasteiger partial charge in [0, 0.05) is 17.8 Å². The molecule has 2 N–H and O–H groups in total. The number of sulfonamides is 1. The first kappa shape index (κ1) is 20.8. The maximum absolute atomic E-state index is 13.8. The van der Waals surface area contributed by atoms with Crippen LogP contribution in [-0.4, -0.2) is 23.6 Å². The Hall–Kier alpha value is -3.46. The molecule has 12 heteroatoms. The monoisotopic (exact) mass is 475 g/mol. The van der Waals surface area contributed by atoms with Crippen LogP contribution in [0, 0.1) is 17.1 Å². The highest BCUT2D eigenvalue weighted by Crippen LogP contribution is 2.35. The first-order valence-corrected chi connectivity index (χ1v) is 11.2. The van der Waals surface area contributed by atoms with Crippen LogP contribution >= 0.6 is 22.9 Å². The normalized spacial score (nSPS) is 11.1. The summed E-state index contributed by atoms with van der Waals surface area (Å²) in [5, 5.41) is 16.2. The van der Waals surface area contributed by atoms with Gasteiger partial charge >= 0.3 is 0 Å². The van der Waals surface area contributed by atoms with Crippen molar-refractivity contribution >= 4 is 38.1 Å². The molecule has 0 aliphatic carbocycles. The number of benzene rings is 2. The topological polar surface area (TPSA) is 121 Å². The number of anilines is 1. The van der Waals surface area contributed by atoms with Crippen LogP contribution in [0.1, 0.15) is 5.56 Å². The van der Waals surface area contributed by atoms with Crippen molar-refractivity contribution in [1.82, 2.24) is 15.2 Å². The molecule has 4 rings (SSSR count). The Labute approximate surface area is 185 Å². The molecular weight excluding hydrogens is 465 g/mol. The third-order valence-corrected chi connectivity index (χ3v) is 6.53. The standard InChI is InChI=1S/C19H11ClFN5O3S2/c20-18-10-23-19(30-18)26-31(27,28)13-2-4-16(11(7-13)9-22)29-17-8-12(21)1-3-14(17)15-5-6-24-25-15/h1-8,10H,(H,23,26)(H,24,25). The zero-order chi connectivity index (χ0) is 22.0. The highest BCUT2D eigenvalue weighted by molar-refractivity contribution is 7.93. The molecule has 0 aliphatic rings. The predicted octanol–water partition coefficient (Wildman–Crippen LogP) is 4.79. The van der Waals surface area contributed by atoms with Crippen molar-refractivity contribution in [2.24, 2.45) is 0 Å². The summed E-state index contributed by atoms with van der Waals surface area (Å²) in [7, 11) is -4.01. The molecule has 0 saturated carbocycles. The van der Waals surface area contributed by atoms with Crippen LogP contribution in [0.4, 0.5) is 9.52 Å². The van der Waals surface area contributed by atoms with Crippen LogP contribution in [0.3, 0.4) is 0 Å². The number of hydrogen-bond acceptors (Lipinski definition) is 7. The van der Waals surface area contributed by atoms with E-state index >= 15 is 0 Å². The van der Waals surface area contributed by atoms with E-state index in [1.165, 1.54) is 36.7 Å². The Morgan fingerprint density at radius 2 is 2.03 bits per heavy atom. The number of nitriles is 1. The van der Waals surface area contributed by atoms with E-state index in [-0.39, 0.29) is 27.1 Å². The molecule has 0 atom stereocenters. The highest BCUT2D eigenvalue weighted by Gasteiger charge is 2.20. The van der Waals surface area contributed by atoms with Gasteiger partial charge in [0.25, 0.3) is 10.0 Å². The zero-order valence-electron chi connectivity index (χ0n) is 15.3. The van der Waals surface area contributed by atoms with E-state index in [1.54, 1.807) is 6.07 Å². The second-order valence-electron chi connectivity index (χ2n) is 6.06. The van der Waals surface area contributed by atoms with Gasteiger partial charge < -0.3 is 4.74 Å². The summed E-state index contributed by atoms with van der Waals surface area (Å²) >= 11 is 6.73. The quantitative estimate of drug-likeness (QED) is 0.413. The van der Waals surface area contributed by atoms with Gasteiger partial charge in [0.15, 0.2) is 5.13 Å². The fourth-order valence-electron chi connectivity index (χ4n) is 2.66. The summed E-state index contributed by atoms with van der Waals surface area (Å²) in [4.78, 5) is 3.68. The number of nitrogens with one attached hydrogen (secondary N) is 2. The Balaban J connectivity index is 1.67. The molecule has 4 aromatic rings. The second kappa shape index (κ2) is 8.35. The number of hydrogen-bond donors (Lipinski definition) is 2. The van der Waals surface area contributed by atoms with Crippen LogP contribution in [0.5, 0.6) is 11.5 Å². The lowest BCUT2D eigenvalue weighted by Crippen LogP contribution is -2.13. The molecule has 0 unspecified atom stereocenters. The van der Waals surface area contributed by atoms with Gasteiger partial charge in [-0.05, 0) is 36.4 Å². The van der Waals surface area contributed by atoms with Crippen molar-refractivity contribution in [1.29, 1.82) is 5.26 Å². The molecule has 0 aliphatic heterocycles. The third kappa shape index (κ3) is 4.51. The second-order valence-corrected chi connectivity index (χ2v) is 9.40. The van der Waals surface area contributed by atoms with E-state index in [4.69, 9.17) is 16.3 Å². The van der Waals surface area contributed by atoms with Crippen molar-refractivity contribution < 1.29 is 17.5 Å². The minimum Gasteiger partial charge on any atom is -0.455 e. The lowest BCUT2D eigenvalue weighted by atomic mass is 10.1. The molecule has 2 aromatic carbocycles. The predicted molar refractivity (Wildman–Crippen MR) is 113 cm³/mol. The number of ether oxygens (including phenoxy) is 1. The smallest absolute Gasteiger partial charge is 0.263 e. The third-order valence-electron chi connectivity index (χ3n) is 4.04. The van der Waals surface area contributed by atoms with E-state index in [1.807, 2.05) is 6.07 Å². The van der Waals surface area contributed by atoms with E-state index in [0.717, 1.165) is 23.5 Å². The minimum absolute atomic E-state index is 0.0557. The maximum Gasteiger partial charge on any atom is 0.263 e. The van der Waals surface area contributed by atoms with Crippen LogP contribution < -0.4 is 9.46 Å². The van der Waals surface area contributed by atoms with Gasteiger partial charge in [0.1, 0.15) is 27.7 Å². The molecule has 2 aromatic heterocycles. The number of nitrogens with zero attached hydrogens (tertiary/aromatic N) is 3. The first-order chi connectivity index (χ1) is 14.9. The number of H-pyrrole nitrogens is 1. The summed E-state index contributed by atoms with van der Waals surface area (Å²) in [6.07, 6.45) is 2.85. The van der Waals surface area contributed by atoms with Gasteiger partial charge in [-0.15, -0.1) is 0 Å². The SMILES string of the molecule is N#Cc1cc(S(=O)(=O)Nc2ncc(Cl)s2)ccc1Oc1cc(F)ccc1-c1ccn[nH]1. The number of aromatic amines is 1. The van der Waals surface area contributed by atoms with Gasteiger partial charge in [-0.1, -0.05) is 22.9 Å². The fraction of sp³-hybridized carbons (Fsp3) is 0. The summed E-state index contributed by atoms with van der Waals surface area (Å²) in [5.41, 5.74) is 1.04. The van der Waals surface area contributed by atoms with E-state index in [2.05, 4.69) is 19.9 Å². The van der Waals surface area contributed by atoms with Crippen molar-refractivity contribution in [3.8, 4) is 28.8 Å². The van der Waals surface area contributed by atoms with Crippen LogP contribution in [0.15, 0.2) is 59.8 Å². The van der Waals surface area contributed by atoms with E-state index in [0.29, 0.717) is 15.6 Å². The van der Waals surface area contributed by atoms with Crippen molar-refractivity contribution in [3.63, 3.8) is 0 Å². The van der Waals surface area contributed by atoms with Gasteiger partial charge in [-0.25, -0.2) is 17.8 Å². The zero-order valence-corrected chi connectivity index (χ0v) is 17.7. The number of aromatic nitrogens is 3. The highest BCUT2D eigenvalue weighted by atomic mass is 35.5. The molecule has 156 valence electrons. The lowest BCUT2D eigenvalue weighted by molar-refractivity contribution is 0.476. The molecular formula is C19H11ClFN5O3S2. The molecule has 0 saturated heterocycles. The van der Waals surface area contributed by atoms with Crippen LogP contribution in [0.2, 0.25) is 4.34 Å². The van der Waals surface area contributed by atoms with Gasteiger partial charge in [-0.2, -0.15) is 10.4 Å². The molecule has 31 heavy (non-hydrogen) atoms. The first-order valence-electron chi connectivity index (χ1n) is 8.51. The fourth-order valence-corrected chi connectivity index (χ4v) is 4.74.